The molecule has 1 saturated carbocycles. The molecule has 4 heteroatoms. The fraction of sp³-hybridized carbons (Fsp3) is 1.00. The molecule has 3 fully saturated rings. The molecule has 3 aliphatic rings. The van der Waals surface area contributed by atoms with Crippen molar-refractivity contribution in [2.24, 2.45) is 5.73 Å². The summed E-state index contributed by atoms with van der Waals surface area (Å²) in [6.07, 6.45) is 8.89. The molecule has 19 heavy (non-hydrogen) atoms. The second kappa shape index (κ2) is 6.08. The van der Waals surface area contributed by atoms with Crippen LogP contribution in [0, 0.1) is 0 Å². The number of hydrogen-bond acceptors (Lipinski definition) is 4. The topological polar surface area (TPSA) is 47.7 Å². The summed E-state index contributed by atoms with van der Waals surface area (Å²) in [6.45, 7) is 4.38. The smallest absolute Gasteiger partial charge is 0.0951 e. The maximum atomic E-state index is 6.06. The van der Waals surface area contributed by atoms with Crippen LogP contribution in [0.2, 0.25) is 0 Å². The van der Waals surface area contributed by atoms with Crippen LogP contribution in [0.3, 0.4) is 0 Å². The van der Waals surface area contributed by atoms with Crippen LogP contribution >= 0.6 is 0 Å². The van der Waals surface area contributed by atoms with Gasteiger partial charge in [-0.2, -0.15) is 0 Å². The second-order valence-corrected chi connectivity index (χ2v) is 6.45. The third-order valence-corrected chi connectivity index (χ3v) is 5.18. The molecule has 2 saturated heterocycles. The van der Waals surface area contributed by atoms with Gasteiger partial charge in [-0.3, -0.25) is 4.90 Å². The minimum absolute atomic E-state index is 0.0222. The number of nitrogens with zero attached hydrogens (tertiary/aromatic N) is 1. The van der Waals surface area contributed by atoms with E-state index in [2.05, 4.69) is 4.90 Å². The first-order valence-corrected chi connectivity index (χ1v) is 8.00. The molecule has 0 aromatic heterocycles. The summed E-state index contributed by atoms with van der Waals surface area (Å²) >= 11 is 0. The largest absolute Gasteiger partial charge is 0.378 e. The van der Waals surface area contributed by atoms with Gasteiger partial charge in [0.05, 0.1) is 12.2 Å². The van der Waals surface area contributed by atoms with Crippen molar-refractivity contribution in [1.82, 2.24) is 4.90 Å². The van der Waals surface area contributed by atoms with Gasteiger partial charge in [0.1, 0.15) is 0 Å². The van der Waals surface area contributed by atoms with E-state index in [0.29, 0.717) is 6.04 Å². The molecule has 110 valence electrons. The van der Waals surface area contributed by atoms with Crippen molar-refractivity contribution in [1.29, 1.82) is 0 Å². The molecule has 2 aliphatic heterocycles. The summed E-state index contributed by atoms with van der Waals surface area (Å²) in [5.74, 6) is 0. The number of rotatable bonds is 4. The highest BCUT2D eigenvalue weighted by molar-refractivity contribution is 4.95. The van der Waals surface area contributed by atoms with Crippen molar-refractivity contribution in [2.75, 3.05) is 32.9 Å². The van der Waals surface area contributed by atoms with Gasteiger partial charge in [-0.05, 0) is 25.7 Å². The van der Waals surface area contributed by atoms with E-state index >= 15 is 0 Å². The Hall–Kier alpha value is -0.160. The maximum absolute atomic E-state index is 6.06. The van der Waals surface area contributed by atoms with Crippen molar-refractivity contribution >= 4 is 0 Å². The molecule has 3 rings (SSSR count). The van der Waals surface area contributed by atoms with Crippen LogP contribution < -0.4 is 5.73 Å². The molecule has 1 aliphatic carbocycles. The van der Waals surface area contributed by atoms with E-state index < -0.39 is 0 Å². The summed E-state index contributed by atoms with van der Waals surface area (Å²) in [4.78, 5) is 2.70. The molecule has 0 aromatic rings. The van der Waals surface area contributed by atoms with Gasteiger partial charge < -0.3 is 15.2 Å². The average Bonchev–Trinajstić information content (AvgIpc) is 3.08. The fourth-order valence-electron chi connectivity index (χ4n) is 4.20. The van der Waals surface area contributed by atoms with Crippen LogP contribution in [-0.4, -0.2) is 55.5 Å². The molecule has 2 heterocycles. The van der Waals surface area contributed by atoms with Crippen LogP contribution in [-0.2, 0) is 9.47 Å². The molecule has 0 amide bonds. The third kappa shape index (κ3) is 2.97. The Labute approximate surface area is 116 Å². The zero-order chi connectivity index (χ0) is 13.1. The lowest BCUT2D eigenvalue weighted by Crippen LogP contribution is -2.52. The van der Waals surface area contributed by atoms with Gasteiger partial charge in [-0.15, -0.1) is 0 Å². The Morgan fingerprint density at radius 1 is 1.11 bits per heavy atom. The summed E-state index contributed by atoms with van der Waals surface area (Å²) in [5.41, 5.74) is 5.87. The summed E-state index contributed by atoms with van der Waals surface area (Å²) in [6, 6.07) is 1.42. The van der Waals surface area contributed by atoms with Gasteiger partial charge in [0.15, 0.2) is 0 Å². The molecule has 0 bridgehead atoms. The van der Waals surface area contributed by atoms with Crippen LogP contribution in [0.1, 0.15) is 44.9 Å². The van der Waals surface area contributed by atoms with Crippen LogP contribution in [0.4, 0.5) is 0 Å². The standard InChI is InChI=1S/C15H28N2O2/c16-7-8-17(13-3-1-2-4-13)14-5-9-19-15(11-14)6-10-18-12-15/h13-14H,1-12,16H2. The average molecular weight is 268 g/mol. The first-order valence-electron chi connectivity index (χ1n) is 8.00. The predicted octanol–water partition coefficient (Wildman–Crippen LogP) is 1.53. The molecule has 2 N–H and O–H groups in total. The Kier molecular flexibility index (Phi) is 4.42. The van der Waals surface area contributed by atoms with Gasteiger partial charge >= 0.3 is 0 Å². The van der Waals surface area contributed by atoms with Gasteiger partial charge in [0.2, 0.25) is 0 Å². The van der Waals surface area contributed by atoms with Gasteiger partial charge in [-0.25, -0.2) is 0 Å². The summed E-state index contributed by atoms with van der Waals surface area (Å²) in [7, 11) is 0. The van der Waals surface area contributed by atoms with Crippen LogP contribution in [0.5, 0.6) is 0 Å². The summed E-state index contributed by atoms with van der Waals surface area (Å²) in [5, 5.41) is 0. The molecule has 2 atom stereocenters. The molecular weight excluding hydrogens is 240 g/mol. The molecule has 4 nitrogen and oxygen atoms in total. The minimum Gasteiger partial charge on any atom is -0.378 e. The van der Waals surface area contributed by atoms with E-state index in [1.54, 1.807) is 0 Å². The zero-order valence-electron chi connectivity index (χ0n) is 12.0. The first kappa shape index (κ1) is 13.8. The predicted molar refractivity (Wildman–Crippen MR) is 75.2 cm³/mol. The summed E-state index contributed by atoms with van der Waals surface area (Å²) < 4.78 is 11.6. The lowest BCUT2D eigenvalue weighted by Gasteiger charge is -2.44. The molecule has 1 spiro atoms. The molecular formula is C15H28N2O2. The van der Waals surface area contributed by atoms with Crippen molar-refractivity contribution in [3.63, 3.8) is 0 Å². The third-order valence-electron chi connectivity index (χ3n) is 5.18. The Morgan fingerprint density at radius 3 is 2.63 bits per heavy atom. The van der Waals surface area contributed by atoms with Crippen LogP contribution in [0.25, 0.3) is 0 Å². The highest BCUT2D eigenvalue weighted by Crippen LogP contribution is 2.37. The van der Waals surface area contributed by atoms with E-state index in [9.17, 15) is 0 Å². The number of hydrogen-bond donors (Lipinski definition) is 1. The zero-order valence-corrected chi connectivity index (χ0v) is 12.0. The lowest BCUT2D eigenvalue weighted by atomic mass is 9.88. The second-order valence-electron chi connectivity index (χ2n) is 6.45. The van der Waals surface area contributed by atoms with Crippen molar-refractivity contribution < 1.29 is 9.47 Å². The SMILES string of the molecule is NCCN(C1CCCC1)C1CCOC2(CCOC2)C1. The van der Waals surface area contributed by atoms with E-state index in [1.165, 1.54) is 25.7 Å². The van der Waals surface area contributed by atoms with E-state index in [4.69, 9.17) is 15.2 Å². The molecule has 0 radical (unpaired) electrons. The van der Waals surface area contributed by atoms with Gasteiger partial charge in [-0.1, -0.05) is 12.8 Å². The molecule has 0 aromatic carbocycles. The monoisotopic (exact) mass is 268 g/mol. The van der Waals surface area contributed by atoms with Crippen molar-refractivity contribution in [2.45, 2.75) is 62.6 Å². The van der Waals surface area contributed by atoms with Crippen LogP contribution in [0.15, 0.2) is 0 Å². The highest BCUT2D eigenvalue weighted by Gasteiger charge is 2.43. The first-order chi connectivity index (χ1) is 9.33. The molecule has 2 unspecified atom stereocenters. The number of ether oxygens (including phenoxy) is 2. The number of nitrogens with two attached hydrogens (primary N) is 1. The maximum Gasteiger partial charge on any atom is 0.0951 e. The normalized spacial score (nSPS) is 36.6. The van der Waals surface area contributed by atoms with Crippen molar-refractivity contribution in [3.8, 4) is 0 Å². The lowest BCUT2D eigenvalue weighted by molar-refractivity contribution is -0.110. The van der Waals surface area contributed by atoms with Gasteiger partial charge in [0, 0.05) is 44.8 Å². The van der Waals surface area contributed by atoms with E-state index in [-0.39, 0.29) is 5.60 Å². The Morgan fingerprint density at radius 2 is 1.95 bits per heavy atom. The Balaban J connectivity index is 1.66. The fourth-order valence-corrected chi connectivity index (χ4v) is 4.20. The van der Waals surface area contributed by atoms with Gasteiger partial charge in [0.25, 0.3) is 0 Å². The Bertz CT molecular complexity index is 286. The van der Waals surface area contributed by atoms with E-state index in [1.807, 2.05) is 0 Å². The van der Waals surface area contributed by atoms with Crippen molar-refractivity contribution in [3.05, 3.63) is 0 Å². The highest BCUT2D eigenvalue weighted by atomic mass is 16.6. The van der Waals surface area contributed by atoms with E-state index in [0.717, 1.165) is 58.2 Å². The quantitative estimate of drug-likeness (QED) is 0.840. The minimum atomic E-state index is 0.0222.